The first-order valence-corrected chi connectivity index (χ1v) is 6.31. The zero-order valence-electron chi connectivity index (χ0n) is 10.3. The molecule has 0 saturated heterocycles. The van der Waals surface area contributed by atoms with Crippen molar-refractivity contribution < 1.29 is 14.6 Å². The number of rotatable bonds is 3. The third-order valence-corrected chi connectivity index (χ3v) is 3.43. The first kappa shape index (κ1) is 12.8. The molecule has 0 spiro atoms. The summed E-state index contributed by atoms with van der Waals surface area (Å²) in [7, 11) is 0. The number of hydrogen-bond donors (Lipinski definition) is 1. The van der Waals surface area contributed by atoms with E-state index in [4.69, 9.17) is 4.74 Å². The van der Waals surface area contributed by atoms with Crippen LogP contribution in [0.5, 0.6) is 5.75 Å². The van der Waals surface area contributed by atoms with Crippen molar-refractivity contribution in [2.45, 2.75) is 37.7 Å². The molecule has 0 aromatic heterocycles. The van der Waals surface area contributed by atoms with Gasteiger partial charge in [-0.15, -0.1) is 0 Å². The summed E-state index contributed by atoms with van der Waals surface area (Å²) in [5.74, 6) is 0.612. The van der Waals surface area contributed by atoms with E-state index in [1.807, 2.05) is 24.3 Å². The SMILES string of the molecule is C=CC(=O)Oc1ccc(C2CCC(O)CC2)cc1. The topological polar surface area (TPSA) is 46.5 Å². The van der Waals surface area contributed by atoms with Crippen molar-refractivity contribution in [3.8, 4) is 5.75 Å². The molecular formula is C15H18O3. The summed E-state index contributed by atoms with van der Waals surface area (Å²) in [6, 6.07) is 7.60. The first-order chi connectivity index (χ1) is 8.69. The Hall–Kier alpha value is -1.61. The molecule has 1 aromatic carbocycles. The largest absolute Gasteiger partial charge is 0.423 e. The van der Waals surface area contributed by atoms with Crippen molar-refractivity contribution >= 4 is 5.97 Å². The number of benzene rings is 1. The van der Waals surface area contributed by atoms with Gasteiger partial charge >= 0.3 is 5.97 Å². The Morgan fingerprint density at radius 2 is 1.83 bits per heavy atom. The molecule has 3 nitrogen and oxygen atoms in total. The standard InChI is InChI=1S/C15H18O3/c1-2-15(17)18-14-9-5-12(6-10-14)11-3-7-13(16)8-4-11/h2,5-6,9-11,13,16H,1,3-4,7-8H2. The molecule has 0 bridgehead atoms. The zero-order valence-corrected chi connectivity index (χ0v) is 10.3. The minimum Gasteiger partial charge on any atom is -0.423 e. The molecule has 1 fully saturated rings. The zero-order chi connectivity index (χ0) is 13.0. The fraction of sp³-hybridized carbons (Fsp3) is 0.400. The Balaban J connectivity index is 1.99. The van der Waals surface area contributed by atoms with Crippen LogP contribution >= 0.6 is 0 Å². The third-order valence-electron chi connectivity index (χ3n) is 3.43. The second-order valence-corrected chi connectivity index (χ2v) is 4.70. The van der Waals surface area contributed by atoms with Crippen molar-refractivity contribution in [3.63, 3.8) is 0 Å². The fourth-order valence-corrected chi connectivity index (χ4v) is 2.38. The second-order valence-electron chi connectivity index (χ2n) is 4.70. The van der Waals surface area contributed by atoms with Crippen LogP contribution < -0.4 is 4.74 Å². The molecule has 1 saturated carbocycles. The average molecular weight is 246 g/mol. The van der Waals surface area contributed by atoms with Gasteiger partial charge in [-0.1, -0.05) is 18.7 Å². The molecule has 1 aliphatic rings. The summed E-state index contributed by atoms with van der Waals surface area (Å²) < 4.78 is 5.03. The van der Waals surface area contributed by atoms with Crippen LogP contribution in [0.4, 0.5) is 0 Å². The Kier molecular flexibility index (Phi) is 4.15. The lowest BCUT2D eigenvalue weighted by atomic mass is 9.83. The lowest BCUT2D eigenvalue weighted by Gasteiger charge is -2.25. The van der Waals surface area contributed by atoms with Gasteiger partial charge in [-0.25, -0.2) is 4.79 Å². The summed E-state index contributed by atoms with van der Waals surface area (Å²) in [6.07, 6.45) is 4.81. The first-order valence-electron chi connectivity index (χ1n) is 6.31. The minimum absolute atomic E-state index is 0.130. The van der Waals surface area contributed by atoms with E-state index in [9.17, 15) is 9.90 Å². The molecule has 0 radical (unpaired) electrons. The van der Waals surface area contributed by atoms with E-state index in [0.717, 1.165) is 31.8 Å². The highest BCUT2D eigenvalue weighted by Gasteiger charge is 2.20. The van der Waals surface area contributed by atoms with Gasteiger partial charge < -0.3 is 9.84 Å². The fourth-order valence-electron chi connectivity index (χ4n) is 2.38. The van der Waals surface area contributed by atoms with Crippen LogP contribution in [0.15, 0.2) is 36.9 Å². The van der Waals surface area contributed by atoms with Crippen LogP contribution in [0, 0.1) is 0 Å². The Bertz CT molecular complexity index is 414. The second kappa shape index (κ2) is 5.83. The number of carbonyl (C=O) groups excluding carboxylic acids is 1. The molecule has 0 unspecified atom stereocenters. The van der Waals surface area contributed by atoms with E-state index < -0.39 is 5.97 Å². The van der Waals surface area contributed by atoms with Crippen LogP contribution in [0.25, 0.3) is 0 Å². The molecule has 1 aliphatic carbocycles. The maximum Gasteiger partial charge on any atom is 0.335 e. The quantitative estimate of drug-likeness (QED) is 0.507. The molecule has 0 aliphatic heterocycles. The van der Waals surface area contributed by atoms with Crippen LogP contribution in [0.3, 0.4) is 0 Å². The molecule has 2 rings (SSSR count). The number of esters is 1. The highest BCUT2D eigenvalue weighted by molar-refractivity contribution is 5.83. The van der Waals surface area contributed by atoms with Crippen LogP contribution in [0.1, 0.15) is 37.2 Å². The van der Waals surface area contributed by atoms with Gasteiger partial charge in [-0.2, -0.15) is 0 Å². The Morgan fingerprint density at radius 3 is 2.39 bits per heavy atom. The summed E-state index contributed by atoms with van der Waals surface area (Å²) in [4.78, 5) is 11.0. The van der Waals surface area contributed by atoms with Gasteiger partial charge in [0.2, 0.25) is 0 Å². The van der Waals surface area contributed by atoms with Crippen molar-refractivity contribution in [1.29, 1.82) is 0 Å². The van der Waals surface area contributed by atoms with E-state index in [1.54, 1.807) is 0 Å². The van der Waals surface area contributed by atoms with Gasteiger partial charge in [-0.05, 0) is 49.3 Å². The molecule has 1 aromatic rings. The Morgan fingerprint density at radius 1 is 1.22 bits per heavy atom. The van der Waals surface area contributed by atoms with Gasteiger partial charge in [0.1, 0.15) is 5.75 Å². The predicted octanol–water partition coefficient (Wildman–Crippen LogP) is 2.80. The lowest BCUT2D eigenvalue weighted by Crippen LogP contribution is -2.16. The molecule has 0 atom stereocenters. The molecule has 1 N–H and O–H groups in total. The van der Waals surface area contributed by atoms with Crippen LogP contribution in [-0.2, 0) is 4.79 Å². The van der Waals surface area contributed by atoms with E-state index in [1.165, 1.54) is 5.56 Å². The normalized spacial score (nSPS) is 23.4. The van der Waals surface area contributed by atoms with Crippen molar-refractivity contribution in [2.75, 3.05) is 0 Å². The van der Waals surface area contributed by atoms with Gasteiger partial charge in [-0.3, -0.25) is 0 Å². The number of ether oxygens (including phenoxy) is 1. The molecule has 0 heterocycles. The van der Waals surface area contributed by atoms with Gasteiger partial charge in [0, 0.05) is 6.08 Å². The highest BCUT2D eigenvalue weighted by Crippen LogP contribution is 2.33. The molecule has 96 valence electrons. The van der Waals surface area contributed by atoms with Crippen molar-refractivity contribution in [1.82, 2.24) is 0 Å². The lowest BCUT2D eigenvalue weighted by molar-refractivity contribution is -0.128. The van der Waals surface area contributed by atoms with E-state index in [-0.39, 0.29) is 6.10 Å². The number of carbonyl (C=O) groups is 1. The molecule has 0 amide bonds. The van der Waals surface area contributed by atoms with Crippen LogP contribution in [-0.4, -0.2) is 17.2 Å². The number of aliphatic hydroxyl groups excluding tert-OH is 1. The van der Waals surface area contributed by atoms with E-state index in [2.05, 4.69) is 6.58 Å². The summed E-state index contributed by atoms with van der Waals surface area (Å²) >= 11 is 0. The number of hydrogen-bond acceptors (Lipinski definition) is 3. The van der Waals surface area contributed by atoms with E-state index in [0.29, 0.717) is 11.7 Å². The Labute approximate surface area is 107 Å². The summed E-state index contributed by atoms with van der Waals surface area (Å²) in [5.41, 5.74) is 1.25. The maximum absolute atomic E-state index is 11.0. The third kappa shape index (κ3) is 3.20. The minimum atomic E-state index is -0.441. The maximum atomic E-state index is 11.0. The summed E-state index contributed by atoms with van der Waals surface area (Å²) in [5, 5.41) is 9.48. The number of aliphatic hydroxyl groups is 1. The molecule has 18 heavy (non-hydrogen) atoms. The molecule has 3 heteroatoms. The van der Waals surface area contributed by atoms with Crippen LogP contribution in [0.2, 0.25) is 0 Å². The summed E-state index contributed by atoms with van der Waals surface area (Å²) in [6.45, 7) is 3.36. The average Bonchev–Trinajstić information content (AvgIpc) is 2.40. The van der Waals surface area contributed by atoms with E-state index >= 15 is 0 Å². The van der Waals surface area contributed by atoms with Crippen molar-refractivity contribution in [2.24, 2.45) is 0 Å². The molecular weight excluding hydrogens is 228 g/mol. The van der Waals surface area contributed by atoms with Gasteiger partial charge in [0.15, 0.2) is 0 Å². The predicted molar refractivity (Wildman–Crippen MR) is 69.5 cm³/mol. The highest BCUT2D eigenvalue weighted by atomic mass is 16.5. The van der Waals surface area contributed by atoms with Gasteiger partial charge in [0.05, 0.1) is 6.10 Å². The monoisotopic (exact) mass is 246 g/mol. The van der Waals surface area contributed by atoms with Crippen molar-refractivity contribution in [3.05, 3.63) is 42.5 Å². The smallest absolute Gasteiger partial charge is 0.335 e. The van der Waals surface area contributed by atoms with Gasteiger partial charge in [0.25, 0.3) is 0 Å².